The second-order valence-corrected chi connectivity index (χ2v) is 6.03. The van der Waals surface area contributed by atoms with Gasteiger partial charge in [0, 0.05) is 10.6 Å². The molecule has 0 atom stereocenters. The molecule has 4 nitrogen and oxygen atoms in total. The third kappa shape index (κ3) is 3.29. The highest BCUT2D eigenvalue weighted by molar-refractivity contribution is 7.98. The van der Waals surface area contributed by atoms with Gasteiger partial charge in [-0.25, -0.2) is 0 Å². The zero-order chi connectivity index (χ0) is 13.1. The summed E-state index contributed by atoms with van der Waals surface area (Å²) in [7, 11) is 0. The average molecular weight is 296 g/mol. The molecule has 0 aliphatic carbocycles. The monoisotopic (exact) mass is 295 g/mol. The first-order chi connectivity index (χ1) is 9.31. The highest BCUT2D eigenvalue weighted by Crippen LogP contribution is 2.21. The SMILES string of the molecule is Clc1ccc(-c2nc(CSCC3CNC3)no2)cc1. The molecule has 1 aliphatic heterocycles. The summed E-state index contributed by atoms with van der Waals surface area (Å²) in [5, 5.41) is 7.97. The molecule has 0 radical (unpaired) electrons. The highest BCUT2D eigenvalue weighted by Gasteiger charge is 2.17. The topological polar surface area (TPSA) is 51.0 Å². The molecule has 6 heteroatoms. The van der Waals surface area contributed by atoms with Crippen molar-refractivity contribution in [1.82, 2.24) is 15.5 Å². The Morgan fingerprint density at radius 1 is 1.32 bits per heavy atom. The molecular formula is C13H14ClN3OS. The van der Waals surface area contributed by atoms with Crippen LogP contribution in [0.1, 0.15) is 5.82 Å². The van der Waals surface area contributed by atoms with Gasteiger partial charge in [0.25, 0.3) is 5.89 Å². The second kappa shape index (κ2) is 5.94. The molecule has 0 spiro atoms. The zero-order valence-corrected chi connectivity index (χ0v) is 11.9. The number of aromatic nitrogens is 2. The van der Waals surface area contributed by atoms with E-state index in [-0.39, 0.29) is 0 Å². The quantitative estimate of drug-likeness (QED) is 0.919. The van der Waals surface area contributed by atoms with Crippen LogP contribution in [0.15, 0.2) is 28.8 Å². The first kappa shape index (κ1) is 13.0. The fraction of sp³-hybridized carbons (Fsp3) is 0.385. The Bertz CT molecular complexity index is 539. The van der Waals surface area contributed by atoms with Gasteiger partial charge in [0.1, 0.15) is 0 Å². The molecule has 1 aromatic heterocycles. The molecule has 0 amide bonds. The normalized spacial score (nSPS) is 15.4. The lowest BCUT2D eigenvalue weighted by atomic mass is 10.1. The van der Waals surface area contributed by atoms with E-state index in [4.69, 9.17) is 16.1 Å². The first-order valence-corrected chi connectivity index (χ1v) is 7.71. The predicted octanol–water partition coefficient (Wildman–Crippen LogP) is 2.84. The Kier molecular flexibility index (Phi) is 4.06. The lowest BCUT2D eigenvalue weighted by Gasteiger charge is -2.26. The van der Waals surface area contributed by atoms with Crippen molar-refractivity contribution in [2.24, 2.45) is 5.92 Å². The second-order valence-electron chi connectivity index (χ2n) is 4.56. The fourth-order valence-electron chi connectivity index (χ4n) is 1.81. The number of halogens is 1. The Balaban J connectivity index is 1.57. The Morgan fingerprint density at radius 2 is 2.11 bits per heavy atom. The summed E-state index contributed by atoms with van der Waals surface area (Å²) in [6.07, 6.45) is 0. The van der Waals surface area contributed by atoms with E-state index in [9.17, 15) is 0 Å². The summed E-state index contributed by atoms with van der Waals surface area (Å²) >= 11 is 7.70. The molecule has 3 rings (SSSR count). The number of nitrogens with zero attached hydrogens (tertiary/aromatic N) is 2. The van der Waals surface area contributed by atoms with Gasteiger partial charge in [-0.3, -0.25) is 0 Å². The van der Waals surface area contributed by atoms with Gasteiger partial charge in [0.2, 0.25) is 0 Å². The van der Waals surface area contributed by atoms with Crippen LogP contribution >= 0.6 is 23.4 Å². The van der Waals surface area contributed by atoms with Crippen LogP contribution in [0.4, 0.5) is 0 Å². The molecule has 100 valence electrons. The van der Waals surface area contributed by atoms with Crippen LogP contribution in [0.25, 0.3) is 11.5 Å². The maximum absolute atomic E-state index is 5.85. The minimum Gasteiger partial charge on any atom is -0.334 e. The van der Waals surface area contributed by atoms with E-state index < -0.39 is 0 Å². The molecule has 1 N–H and O–H groups in total. The zero-order valence-electron chi connectivity index (χ0n) is 10.3. The van der Waals surface area contributed by atoms with Gasteiger partial charge in [-0.2, -0.15) is 16.7 Å². The Labute approximate surface area is 120 Å². The minimum absolute atomic E-state index is 0.553. The van der Waals surface area contributed by atoms with Crippen LogP contribution in [-0.2, 0) is 5.75 Å². The van der Waals surface area contributed by atoms with Gasteiger partial charge >= 0.3 is 0 Å². The molecule has 1 aromatic carbocycles. The van der Waals surface area contributed by atoms with Crippen LogP contribution in [-0.4, -0.2) is 29.0 Å². The van der Waals surface area contributed by atoms with Crippen LogP contribution in [0, 0.1) is 5.92 Å². The number of hydrogen-bond donors (Lipinski definition) is 1. The molecular weight excluding hydrogens is 282 g/mol. The number of nitrogens with one attached hydrogen (secondary N) is 1. The predicted molar refractivity (Wildman–Crippen MR) is 77.3 cm³/mol. The van der Waals surface area contributed by atoms with Gasteiger partial charge in [-0.05, 0) is 49.0 Å². The van der Waals surface area contributed by atoms with Crippen molar-refractivity contribution < 1.29 is 4.52 Å². The van der Waals surface area contributed by atoms with E-state index in [1.165, 1.54) is 0 Å². The third-order valence-corrected chi connectivity index (χ3v) is 4.43. The summed E-state index contributed by atoms with van der Waals surface area (Å²) in [5.41, 5.74) is 0.899. The van der Waals surface area contributed by atoms with E-state index in [1.807, 2.05) is 36.0 Å². The lowest BCUT2D eigenvalue weighted by Crippen LogP contribution is -2.43. The lowest BCUT2D eigenvalue weighted by molar-refractivity contribution is 0.385. The molecule has 0 bridgehead atoms. The average Bonchev–Trinajstić information content (AvgIpc) is 2.82. The van der Waals surface area contributed by atoms with E-state index in [0.29, 0.717) is 10.9 Å². The van der Waals surface area contributed by atoms with Crippen LogP contribution in [0.3, 0.4) is 0 Å². The molecule has 1 fully saturated rings. The van der Waals surface area contributed by atoms with E-state index in [2.05, 4.69) is 15.5 Å². The van der Waals surface area contributed by atoms with E-state index in [0.717, 1.165) is 41.9 Å². The number of rotatable bonds is 5. The summed E-state index contributed by atoms with van der Waals surface area (Å²) in [4.78, 5) is 4.39. The summed E-state index contributed by atoms with van der Waals surface area (Å²) in [6, 6.07) is 7.40. The van der Waals surface area contributed by atoms with Crippen LogP contribution < -0.4 is 5.32 Å². The van der Waals surface area contributed by atoms with Crippen molar-refractivity contribution in [3.63, 3.8) is 0 Å². The van der Waals surface area contributed by atoms with E-state index in [1.54, 1.807) is 0 Å². The molecule has 19 heavy (non-hydrogen) atoms. The Hall–Kier alpha value is -1.04. The standard InChI is InChI=1S/C13H14ClN3OS/c14-11-3-1-10(2-4-11)13-16-12(17-18-13)8-19-7-9-5-15-6-9/h1-4,9,15H,5-8H2. The van der Waals surface area contributed by atoms with Gasteiger partial charge in [0.05, 0.1) is 5.75 Å². The Morgan fingerprint density at radius 3 is 2.79 bits per heavy atom. The van der Waals surface area contributed by atoms with Crippen molar-refractivity contribution in [3.05, 3.63) is 35.1 Å². The molecule has 2 heterocycles. The number of benzene rings is 1. The number of thioether (sulfide) groups is 1. The smallest absolute Gasteiger partial charge is 0.257 e. The van der Waals surface area contributed by atoms with E-state index >= 15 is 0 Å². The van der Waals surface area contributed by atoms with Gasteiger partial charge in [-0.1, -0.05) is 16.8 Å². The first-order valence-electron chi connectivity index (χ1n) is 6.18. The van der Waals surface area contributed by atoms with Crippen molar-refractivity contribution >= 4 is 23.4 Å². The van der Waals surface area contributed by atoms with Crippen molar-refractivity contribution in [2.75, 3.05) is 18.8 Å². The van der Waals surface area contributed by atoms with Crippen molar-refractivity contribution in [3.8, 4) is 11.5 Å². The van der Waals surface area contributed by atoms with Crippen molar-refractivity contribution in [2.45, 2.75) is 5.75 Å². The largest absolute Gasteiger partial charge is 0.334 e. The maximum atomic E-state index is 5.85. The van der Waals surface area contributed by atoms with Gasteiger partial charge in [0.15, 0.2) is 5.82 Å². The number of hydrogen-bond acceptors (Lipinski definition) is 5. The fourth-order valence-corrected chi connectivity index (χ4v) is 2.92. The van der Waals surface area contributed by atoms with Crippen LogP contribution in [0.2, 0.25) is 5.02 Å². The summed E-state index contributed by atoms with van der Waals surface area (Å²) in [5.74, 6) is 4.05. The van der Waals surface area contributed by atoms with Crippen molar-refractivity contribution in [1.29, 1.82) is 0 Å². The summed E-state index contributed by atoms with van der Waals surface area (Å²) < 4.78 is 5.26. The van der Waals surface area contributed by atoms with Gasteiger partial charge in [-0.15, -0.1) is 0 Å². The third-order valence-electron chi connectivity index (χ3n) is 3.01. The molecule has 1 saturated heterocycles. The molecule has 0 saturated carbocycles. The highest BCUT2D eigenvalue weighted by atomic mass is 35.5. The summed E-state index contributed by atoms with van der Waals surface area (Å²) in [6.45, 7) is 2.27. The molecule has 1 aliphatic rings. The molecule has 0 unspecified atom stereocenters. The minimum atomic E-state index is 0.553. The van der Waals surface area contributed by atoms with Crippen LogP contribution in [0.5, 0.6) is 0 Å². The maximum Gasteiger partial charge on any atom is 0.257 e. The van der Waals surface area contributed by atoms with Gasteiger partial charge < -0.3 is 9.84 Å². The molecule has 2 aromatic rings.